The van der Waals surface area contributed by atoms with Gasteiger partial charge in [0.25, 0.3) is 5.91 Å². The fraction of sp³-hybridized carbons (Fsp3) is 0.333. The van der Waals surface area contributed by atoms with Crippen LogP contribution in [0.25, 0.3) is 0 Å². The summed E-state index contributed by atoms with van der Waals surface area (Å²) in [5.41, 5.74) is 1.11. The van der Waals surface area contributed by atoms with Gasteiger partial charge in [-0.1, -0.05) is 30.3 Å². The minimum Gasteiger partial charge on any atom is -0.490 e. The Morgan fingerprint density at radius 3 is 2.22 bits per heavy atom. The Labute approximate surface area is 159 Å². The molecule has 6 nitrogen and oxygen atoms in total. The molecule has 0 heterocycles. The summed E-state index contributed by atoms with van der Waals surface area (Å²) in [6.07, 6.45) is 0. The molecule has 0 saturated heterocycles. The van der Waals surface area contributed by atoms with E-state index in [0.717, 1.165) is 5.56 Å². The Balaban J connectivity index is 2.29. The van der Waals surface area contributed by atoms with Gasteiger partial charge in [-0.15, -0.1) is 0 Å². The van der Waals surface area contributed by atoms with Gasteiger partial charge in [0, 0.05) is 5.56 Å². The first-order valence-corrected chi connectivity index (χ1v) is 8.96. The van der Waals surface area contributed by atoms with Crippen molar-refractivity contribution in [3.8, 4) is 11.5 Å². The number of carbonyl (C=O) groups is 2. The van der Waals surface area contributed by atoms with Crippen LogP contribution in [0, 0.1) is 5.92 Å². The van der Waals surface area contributed by atoms with Crippen molar-refractivity contribution in [2.75, 3.05) is 13.2 Å². The van der Waals surface area contributed by atoms with Gasteiger partial charge >= 0.3 is 5.97 Å². The average Bonchev–Trinajstić information content (AvgIpc) is 2.67. The topological polar surface area (TPSA) is 84.9 Å². The number of nitrogens with one attached hydrogen (secondary N) is 1. The van der Waals surface area contributed by atoms with Crippen LogP contribution in [0.3, 0.4) is 0 Å². The monoisotopic (exact) mass is 371 g/mol. The zero-order valence-electron chi connectivity index (χ0n) is 15.8. The molecule has 0 saturated carbocycles. The highest BCUT2D eigenvalue weighted by Crippen LogP contribution is 2.29. The quantitative estimate of drug-likeness (QED) is 0.702. The number of carboxylic acids is 1. The Morgan fingerprint density at radius 2 is 1.63 bits per heavy atom. The Morgan fingerprint density at radius 1 is 1.00 bits per heavy atom. The summed E-state index contributed by atoms with van der Waals surface area (Å²) in [6, 6.07) is 13.3. The van der Waals surface area contributed by atoms with Gasteiger partial charge in [-0.25, -0.2) is 0 Å². The van der Waals surface area contributed by atoms with Crippen LogP contribution >= 0.6 is 0 Å². The van der Waals surface area contributed by atoms with Gasteiger partial charge < -0.3 is 19.9 Å². The number of hydrogen-bond donors (Lipinski definition) is 2. The van der Waals surface area contributed by atoms with E-state index in [-0.39, 0.29) is 5.91 Å². The lowest BCUT2D eigenvalue weighted by Crippen LogP contribution is -2.35. The highest BCUT2D eigenvalue weighted by molar-refractivity contribution is 5.95. The predicted octanol–water partition coefficient (Wildman–Crippen LogP) is 3.68. The van der Waals surface area contributed by atoms with Gasteiger partial charge in [0.15, 0.2) is 11.5 Å². The van der Waals surface area contributed by atoms with Crippen LogP contribution in [0.1, 0.15) is 42.7 Å². The van der Waals surface area contributed by atoms with Gasteiger partial charge in [-0.3, -0.25) is 9.59 Å². The van der Waals surface area contributed by atoms with Gasteiger partial charge in [-0.2, -0.15) is 0 Å². The third kappa shape index (κ3) is 5.23. The molecule has 0 radical (unpaired) electrons. The molecular formula is C21H25NO5. The summed E-state index contributed by atoms with van der Waals surface area (Å²) in [7, 11) is 0. The maximum atomic E-state index is 12.8. The molecule has 144 valence electrons. The van der Waals surface area contributed by atoms with E-state index in [1.165, 1.54) is 0 Å². The van der Waals surface area contributed by atoms with E-state index in [1.54, 1.807) is 37.3 Å². The first kappa shape index (κ1) is 20.3. The number of hydrogen-bond acceptors (Lipinski definition) is 4. The molecule has 27 heavy (non-hydrogen) atoms. The van der Waals surface area contributed by atoms with Crippen LogP contribution in [0.5, 0.6) is 11.5 Å². The Bertz CT molecular complexity index is 775. The zero-order valence-corrected chi connectivity index (χ0v) is 15.8. The van der Waals surface area contributed by atoms with Crippen LogP contribution in [-0.4, -0.2) is 30.2 Å². The Hall–Kier alpha value is -3.02. The van der Waals surface area contributed by atoms with E-state index >= 15 is 0 Å². The van der Waals surface area contributed by atoms with Crippen LogP contribution in [0.15, 0.2) is 48.5 Å². The minimum atomic E-state index is -0.981. The minimum absolute atomic E-state index is 0.374. The molecular weight excluding hydrogens is 346 g/mol. The van der Waals surface area contributed by atoms with Crippen molar-refractivity contribution in [1.29, 1.82) is 0 Å². The van der Waals surface area contributed by atoms with Crippen LogP contribution < -0.4 is 14.8 Å². The number of aliphatic carboxylic acids is 1. The lowest BCUT2D eigenvalue weighted by atomic mass is 9.94. The standard InChI is InChI=1S/C21H25NO5/c1-4-26-17-12-11-16(13-18(17)27-5-2)20(23)22-19(14(3)21(24)25)15-9-7-6-8-10-15/h6-14,19H,4-5H2,1-3H3,(H,22,23)(H,24,25). The molecule has 2 aromatic rings. The molecule has 0 spiro atoms. The van der Waals surface area contributed by atoms with Crippen LogP contribution in [-0.2, 0) is 4.79 Å². The van der Waals surface area contributed by atoms with Gasteiger partial charge in [0.2, 0.25) is 0 Å². The summed E-state index contributed by atoms with van der Waals surface area (Å²) in [5.74, 6) is -1.10. The smallest absolute Gasteiger partial charge is 0.308 e. The molecule has 2 atom stereocenters. The van der Waals surface area contributed by atoms with E-state index in [2.05, 4.69) is 5.32 Å². The van der Waals surface area contributed by atoms with Gasteiger partial charge in [0.05, 0.1) is 25.2 Å². The third-order valence-corrected chi connectivity index (χ3v) is 4.14. The van der Waals surface area contributed by atoms with Gasteiger partial charge in [0.1, 0.15) is 0 Å². The second kappa shape index (κ2) is 9.62. The molecule has 2 rings (SSSR count). The number of ether oxygens (including phenoxy) is 2. The lowest BCUT2D eigenvalue weighted by Gasteiger charge is -2.23. The second-order valence-corrected chi connectivity index (χ2v) is 6.02. The lowest BCUT2D eigenvalue weighted by molar-refractivity contribution is -0.142. The van der Waals surface area contributed by atoms with Crippen LogP contribution in [0.4, 0.5) is 0 Å². The SMILES string of the molecule is CCOc1ccc(C(=O)NC(c2ccccc2)C(C)C(=O)O)cc1OCC. The van der Waals surface area contributed by atoms with Gasteiger partial charge in [-0.05, 0) is 44.5 Å². The highest BCUT2D eigenvalue weighted by Gasteiger charge is 2.27. The summed E-state index contributed by atoms with van der Waals surface area (Å²) in [5, 5.41) is 12.3. The molecule has 0 aliphatic rings. The van der Waals surface area contributed by atoms with Crippen molar-refractivity contribution < 1.29 is 24.2 Å². The molecule has 2 N–H and O–H groups in total. The third-order valence-electron chi connectivity index (χ3n) is 4.14. The van der Waals surface area contributed by atoms with Crippen molar-refractivity contribution >= 4 is 11.9 Å². The molecule has 0 aliphatic carbocycles. The zero-order chi connectivity index (χ0) is 19.8. The Kier molecular flexibility index (Phi) is 7.23. The number of benzene rings is 2. The van der Waals surface area contributed by atoms with Crippen LogP contribution in [0.2, 0.25) is 0 Å². The van der Waals surface area contributed by atoms with E-state index in [0.29, 0.717) is 30.3 Å². The van der Waals surface area contributed by atoms with E-state index in [4.69, 9.17) is 9.47 Å². The van der Waals surface area contributed by atoms with Crippen molar-refractivity contribution in [3.05, 3.63) is 59.7 Å². The number of rotatable bonds is 9. The summed E-state index contributed by atoms with van der Waals surface area (Å²) in [6.45, 7) is 6.21. The largest absolute Gasteiger partial charge is 0.490 e. The number of amides is 1. The maximum absolute atomic E-state index is 12.8. The molecule has 1 amide bonds. The molecule has 2 unspecified atom stereocenters. The van der Waals surface area contributed by atoms with Crippen molar-refractivity contribution in [2.45, 2.75) is 26.8 Å². The predicted molar refractivity (Wildman–Crippen MR) is 102 cm³/mol. The normalized spacial score (nSPS) is 12.7. The van der Waals surface area contributed by atoms with E-state index in [9.17, 15) is 14.7 Å². The fourth-order valence-electron chi connectivity index (χ4n) is 2.72. The molecule has 0 fully saturated rings. The summed E-state index contributed by atoms with van der Waals surface area (Å²) >= 11 is 0. The summed E-state index contributed by atoms with van der Waals surface area (Å²) in [4.78, 5) is 24.3. The average molecular weight is 371 g/mol. The molecule has 0 aliphatic heterocycles. The molecule has 6 heteroatoms. The number of carbonyl (C=O) groups excluding carboxylic acids is 1. The summed E-state index contributed by atoms with van der Waals surface area (Å²) < 4.78 is 11.1. The second-order valence-electron chi connectivity index (χ2n) is 6.02. The first-order valence-electron chi connectivity index (χ1n) is 8.96. The van der Waals surface area contributed by atoms with E-state index in [1.807, 2.05) is 32.0 Å². The van der Waals surface area contributed by atoms with Crippen molar-refractivity contribution in [3.63, 3.8) is 0 Å². The first-order chi connectivity index (χ1) is 13.0. The number of carboxylic acid groups (broad SMARTS) is 1. The highest BCUT2D eigenvalue weighted by atomic mass is 16.5. The molecule has 2 aromatic carbocycles. The fourth-order valence-corrected chi connectivity index (χ4v) is 2.72. The molecule has 0 aromatic heterocycles. The molecule has 0 bridgehead atoms. The van der Waals surface area contributed by atoms with Crippen molar-refractivity contribution in [2.24, 2.45) is 5.92 Å². The maximum Gasteiger partial charge on any atom is 0.308 e. The van der Waals surface area contributed by atoms with E-state index < -0.39 is 17.9 Å². The van der Waals surface area contributed by atoms with Crippen molar-refractivity contribution in [1.82, 2.24) is 5.32 Å².